The maximum atomic E-state index is 15.1. The van der Waals surface area contributed by atoms with E-state index >= 15 is 4.39 Å². The molecule has 2 aliphatic rings. The van der Waals surface area contributed by atoms with E-state index in [1.54, 1.807) is 23.6 Å². The van der Waals surface area contributed by atoms with Crippen molar-refractivity contribution in [2.75, 3.05) is 41.7 Å². The predicted octanol–water partition coefficient (Wildman–Crippen LogP) is 4.02. The molecular weight excluding hydrogens is 557 g/mol. The Kier molecular flexibility index (Phi) is 8.14. The quantitative estimate of drug-likeness (QED) is 0.341. The van der Waals surface area contributed by atoms with Crippen LogP contribution in [0.15, 0.2) is 58.1 Å². The van der Waals surface area contributed by atoms with Crippen LogP contribution >= 0.6 is 11.3 Å². The van der Waals surface area contributed by atoms with Crippen LogP contribution in [0.4, 0.5) is 26.2 Å². The highest BCUT2D eigenvalue weighted by Crippen LogP contribution is 2.30. The molecule has 10 nitrogen and oxygen atoms in total. The van der Waals surface area contributed by atoms with E-state index in [9.17, 15) is 22.8 Å². The van der Waals surface area contributed by atoms with E-state index in [0.717, 1.165) is 54.2 Å². The molecule has 0 unspecified atom stereocenters. The van der Waals surface area contributed by atoms with E-state index < -0.39 is 33.7 Å². The van der Waals surface area contributed by atoms with Gasteiger partial charge in [0.05, 0.1) is 12.1 Å². The average Bonchev–Trinajstić information content (AvgIpc) is 3.46. The molecule has 0 atom stereocenters. The van der Waals surface area contributed by atoms with Crippen molar-refractivity contribution in [3.8, 4) is 0 Å². The number of urea groups is 1. The Balaban J connectivity index is 1.24. The van der Waals surface area contributed by atoms with Gasteiger partial charge in [0.25, 0.3) is 15.9 Å². The third-order valence-corrected chi connectivity index (χ3v) is 9.50. The average molecular weight is 586 g/mol. The number of rotatable bonds is 8. The molecule has 40 heavy (non-hydrogen) atoms. The summed E-state index contributed by atoms with van der Waals surface area (Å²) in [6.07, 6.45) is 3.63. The van der Waals surface area contributed by atoms with Crippen LogP contribution in [0.5, 0.6) is 0 Å². The lowest BCUT2D eigenvalue weighted by molar-refractivity contribution is -0.117. The fourth-order valence-electron chi connectivity index (χ4n) is 4.83. The normalized spacial score (nSPS) is 16.0. The van der Waals surface area contributed by atoms with E-state index in [1.807, 2.05) is 4.72 Å². The number of likely N-dealkylation sites (tertiary alicyclic amines) is 1. The summed E-state index contributed by atoms with van der Waals surface area (Å²) in [5, 5.41) is 7.15. The number of amides is 4. The van der Waals surface area contributed by atoms with Gasteiger partial charge in [-0.1, -0.05) is 12.5 Å². The largest absolute Gasteiger partial charge is 0.384 e. The van der Waals surface area contributed by atoms with E-state index in [-0.39, 0.29) is 22.0 Å². The maximum absolute atomic E-state index is 15.1. The number of hydrogen-bond acceptors (Lipinski definition) is 8. The standard InChI is InChI=1S/C27H28FN5O5S2/c28-22-17-20(30-27(36)31-40(37,38)25-5-4-14-39-25)7-9-23(22)33-24(34)16-18-15-19(6-8-21(18)26(33)35)29-10-13-32-11-2-1-3-12-32/h4-9,14-15,17,29H,1-3,10-13,16H2,(H2,30,31,36). The fraction of sp³-hybridized carbons (Fsp3) is 0.296. The smallest absolute Gasteiger partial charge is 0.333 e. The summed E-state index contributed by atoms with van der Waals surface area (Å²) >= 11 is 0.938. The third kappa shape index (κ3) is 6.16. The third-order valence-electron chi connectivity index (χ3n) is 6.77. The first kappa shape index (κ1) is 27.7. The van der Waals surface area contributed by atoms with Gasteiger partial charge in [-0.3, -0.25) is 9.59 Å². The van der Waals surface area contributed by atoms with Crippen molar-refractivity contribution >= 4 is 56.3 Å². The van der Waals surface area contributed by atoms with Gasteiger partial charge in [-0.2, -0.15) is 0 Å². The molecule has 3 heterocycles. The molecule has 1 fully saturated rings. The monoisotopic (exact) mass is 585 g/mol. The molecule has 2 aromatic carbocycles. The Morgan fingerprint density at radius 2 is 1.77 bits per heavy atom. The number of thiophene rings is 1. The number of fused-ring (bicyclic) bond motifs is 1. The van der Waals surface area contributed by atoms with Crippen LogP contribution in [-0.2, 0) is 21.2 Å². The first-order valence-corrected chi connectivity index (χ1v) is 15.2. The molecule has 5 rings (SSSR count). The minimum Gasteiger partial charge on any atom is -0.384 e. The number of imide groups is 1. The first-order valence-electron chi connectivity index (χ1n) is 12.8. The minimum absolute atomic E-state index is 0.0491. The summed E-state index contributed by atoms with van der Waals surface area (Å²) in [4.78, 5) is 41.5. The number of nitrogens with zero attached hydrogens (tertiary/aromatic N) is 2. The van der Waals surface area contributed by atoms with Gasteiger partial charge in [0, 0.05) is 30.0 Å². The highest BCUT2D eigenvalue weighted by Gasteiger charge is 2.34. The van der Waals surface area contributed by atoms with Crippen molar-refractivity contribution < 1.29 is 27.2 Å². The lowest BCUT2D eigenvalue weighted by atomic mass is 9.97. The molecule has 1 saturated heterocycles. The number of carbonyl (C=O) groups excluding carboxylic acids is 3. The second-order valence-electron chi connectivity index (χ2n) is 9.57. The fourth-order valence-corrected chi connectivity index (χ4v) is 6.73. The second kappa shape index (κ2) is 11.7. The molecule has 0 aliphatic carbocycles. The number of sulfonamides is 1. The molecule has 0 bridgehead atoms. The number of halogens is 1. The molecule has 1 aromatic heterocycles. The molecule has 3 aromatic rings. The van der Waals surface area contributed by atoms with Crippen molar-refractivity contribution in [2.24, 2.45) is 0 Å². The summed E-state index contributed by atoms with van der Waals surface area (Å²) in [5.41, 5.74) is 1.36. The molecule has 3 N–H and O–H groups in total. The number of hydrogen-bond donors (Lipinski definition) is 3. The molecule has 210 valence electrons. The van der Waals surface area contributed by atoms with Gasteiger partial charge in [0.2, 0.25) is 5.91 Å². The van der Waals surface area contributed by atoms with Gasteiger partial charge < -0.3 is 15.5 Å². The molecule has 2 aliphatic heterocycles. The van der Waals surface area contributed by atoms with Crippen molar-refractivity contribution in [3.05, 3.63) is 70.9 Å². The summed E-state index contributed by atoms with van der Waals surface area (Å²) in [6, 6.07) is 10.4. The number of benzene rings is 2. The van der Waals surface area contributed by atoms with Crippen LogP contribution in [0.2, 0.25) is 0 Å². The summed E-state index contributed by atoms with van der Waals surface area (Å²) in [5.74, 6) is -2.16. The first-order chi connectivity index (χ1) is 19.2. The van der Waals surface area contributed by atoms with Gasteiger partial charge in [-0.15, -0.1) is 11.3 Å². The Morgan fingerprint density at radius 1 is 1.00 bits per heavy atom. The van der Waals surface area contributed by atoms with Gasteiger partial charge in [0.15, 0.2) is 0 Å². The zero-order valence-corrected chi connectivity index (χ0v) is 23.1. The van der Waals surface area contributed by atoms with Crippen molar-refractivity contribution in [1.82, 2.24) is 9.62 Å². The zero-order valence-electron chi connectivity index (χ0n) is 21.5. The number of piperidine rings is 1. The lowest BCUT2D eigenvalue weighted by Crippen LogP contribution is -2.43. The molecule has 0 saturated carbocycles. The minimum atomic E-state index is -4.07. The number of nitrogens with one attached hydrogen (secondary N) is 3. The lowest BCUT2D eigenvalue weighted by Gasteiger charge is -2.28. The van der Waals surface area contributed by atoms with Crippen molar-refractivity contribution in [3.63, 3.8) is 0 Å². The highest BCUT2D eigenvalue weighted by molar-refractivity contribution is 7.92. The predicted molar refractivity (Wildman–Crippen MR) is 151 cm³/mol. The second-order valence-corrected chi connectivity index (χ2v) is 12.4. The number of carbonyl (C=O) groups is 3. The topological polar surface area (TPSA) is 128 Å². The Bertz CT molecular complexity index is 1540. The van der Waals surface area contributed by atoms with Crippen LogP contribution in [0.1, 0.15) is 35.2 Å². The van der Waals surface area contributed by atoms with Crippen LogP contribution in [0.25, 0.3) is 0 Å². The van der Waals surface area contributed by atoms with Crippen LogP contribution < -0.4 is 20.3 Å². The molecule has 4 amide bonds. The molecule has 0 spiro atoms. The zero-order chi connectivity index (χ0) is 28.3. The highest BCUT2D eigenvalue weighted by atomic mass is 32.2. The molecule has 13 heteroatoms. The van der Waals surface area contributed by atoms with Gasteiger partial charge in [-0.25, -0.2) is 27.2 Å². The van der Waals surface area contributed by atoms with Gasteiger partial charge >= 0.3 is 6.03 Å². The SMILES string of the molecule is O=C(Nc1ccc(N2C(=O)Cc3cc(NCCN4CCCCC4)ccc3C2=O)c(F)c1)NS(=O)(=O)c1cccs1. The van der Waals surface area contributed by atoms with Crippen LogP contribution in [0, 0.1) is 5.82 Å². The molecule has 0 radical (unpaired) electrons. The number of anilines is 3. The Hall–Kier alpha value is -3.81. The Labute approximate surface area is 235 Å². The summed E-state index contributed by atoms with van der Waals surface area (Å²) in [6.45, 7) is 3.86. The van der Waals surface area contributed by atoms with E-state index in [2.05, 4.69) is 15.5 Å². The van der Waals surface area contributed by atoms with Crippen LogP contribution in [0.3, 0.4) is 0 Å². The van der Waals surface area contributed by atoms with Crippen molar-refractivity contribution in [1.29, 1.82) is 0 Å². The van der Waals surface area contributed by atoms with Gasteiger partial charge in [-0.05, 0) is 79.3 Å². The van der Waals surface area contributed by atoms with Crippen LogP contribution in [-0.4, -0.2) is 57.3 Å². The van der Waals surface area contributed by atoms with E-state index in [1.165, 1.54) is 43.5 Å². The van der Waals surface area contributed by atoms with E-state index in [0.29, 0.717) is 11.1 Å². The van der Waals surface area contributed by atoms with Gasteiger partial charge in [0.1, 0.15) is 10.0 Å². The maximum Gasteiger partial charge on any atom is 0.333 e. The summed E-state index contributed by atoms with van der Waals surface area (Å²) < 4.78 is 41.3. The Morgan fingerprint density at radius 3 is 2.50 bits per heavy atom. The summed E-state index contributed by atoms with van der Waals surface area (Å²) in [7, 11) is -4.07. The molecular formula is C27H28FN5O5S2. The van der Waals surface area contributed by atoms with Crippen molar-refractivity contribution in [2.45, 2.75) is 29.9 Å². The van der Waals surface area contributed by atoms with E-state index in [4.69, 9.17) is 0 Å².